The fraction of sp³-hybridized carbons (Fsp3) is 1.00. The van der Waals surface area contributed by atoms with Crippen molar-refractivity contribution in [3.63, 3.8) is 0 Å². The summed E-state index contributed by atoms with van der Waals surface area (Å²) in [5.74, 6) is 2.60. The van der Waals surface area contributed by atoms with Gasteiger partial charge in [0.1, 0.15) is 0 Å². The summed E-state index contributed by atoms with van der Waals surface area (Å²) in [6.07, 6.45) is 6.83. The smallest absolute Gasteiger partial charge is 0.0326 e. The summed E-state index contributed by atoms with van der Waals surface area (Å²) in [5, 5.41) is 0. The van der Waals surface area contributed by atoms with E-state index in [9.17, 15) is 0 Å². The predicted molar refractivity (Wildman–Crippen MR) is 75.7 cm³/mol. The zero-order chi connectivity index (χ0) is 12.8. The van der Waals surface area contributed by atoms with Crippen LogP contribution in [0.5, 0.6) is 0 Å². The maximum Gasteiger partial charge on any atom is -0.0326 e. The summed E-state index contributed by atoms with van der Waals surface area (Å²) in [6.45, 7) is 16.8. The highest BCUT2D eigenvalue weighted by Crippen LogP contribution is 2.38. The Labute approximate surface area is 104 Å². The lowest BCUT2D eigenvalue weighted by molar-refractivity contribution is 0.145. The fourth-order valence-corrected chi connectivity index (χ4v) is 2.54. The van der Waals surface area contributed by atoms with Crippen molar-refractivity contribution in [3.05, 3.63) is 0 Å². The second-order valence-electron chi connectivity index (χ2n) is 6.60. The molecule has 0 aromatic heterocycles. The molecule has 3 unspecified atom stereocenters. The summed E-state index contributed by atoms with van der Waals surface area (Å²) >= 11 is 0. The molecule has 0 aliphatic rings. The number of rotatable bonds is 8. The summed E-state index contributed by atoms with van der Waals surface area (Å²) in [6, 6.07) is 0. The summed E-state index contributed by atoms with van der Waals surface area (Å²) in [4.78, 5) is 0. The summed E-state index contributed by atoms with van der Waals surface area (Å²) in [5.41, 5.74) is 0.512. The molecule has 16 heavy (non-hydrogen) atoms. The van der Waals surface area contributed by atoms with Crippen molar-refractivity contribution in [3.8, 4) is 0 Å². The minimum absolute atomic E-state index is 0.512. The number of unbranched alkanes of at least 4 members (excludes halogenated alkanes) is 1. The van der Waals surface area contributed by atoms with Crippen molar-refractivity contribution in [1.82, 2.24) is 0 Å². The van der Waals surface area contributed by atoms with Crippen LogP contribution in [-0.4, -0.2) is 0 Å². The third-order valence-corrected chi connectivity index (χ3v) is 4.79. The van der Waals surface area contributed by atoms with Gasteiger partial charge in [0.25, 0.3) is 0 Å². The molecule has 0 spiro atoms. The standard InChI is InChI=1S/C16H34/c1-8-10-11-15(5)16(6,7)12-14(4)13(3)9-2/h13-15H,8-12H2,1-7H3. The van der Waals surface area contributed by atoms with Crippen molar-refractivity contribution in [2.24, 2.45) is 23.2 Å². The van der Waals surface area contributed by atoms with E-state index in [2.05, 4.69) is 48.5 Å². The molecule has 0 aliphatic heterocycles. The Hall–Kier alpha value is 0. The Bertz CT molecular complexity index is 169. The van der Waals surface area contributed by atoms with E-state index in [0.29, 0.717) is 5.41 Å². The van der Waals surface area contributed by atoms with Gasteiger partial charge in [0.05, 0.1) is 0 Å². The van der Waals surface area contributed by atoms with Gasteiger partial charge in [0, 0.05) is 0 Å². The van der Waals surface area contributed by atoms with Gasteiger partial charge < -0.3 is 0 Å². The maximum atomic E-state index is 2.46. The molecule has 3 atom stereocenters. The van der Waals surface area contributed by atoms with Gasteiger partial charge in [-0.25, -0.2) is 0 Å². The molecule has 0 saturated heterocycles. The van der Waals surface area contributed by atoms with Gasteiger partial charge in [-0.2, -0.15) is 0 Å². The van der Waals surface area contributed by atoms with Crippen LogP contribution in [0.25, 0.3) is 0 Å². The van der Waals surface area contributed by atoms with Crippen molar-refractivity contribution < 1.29 is 0 Å². The maximum absolute atomic E-state index is 2.46. The van der Waals surface area contributed by atoms with Crippen LogP contribution < -0.4 is 0 Å². The van der Waals surface area contributed by atoms with E-state index in [0.717, 1.165) is 17.8 Å². The van der Waals surface area contributed by atoms with E-state index in [4.69, 9.17) is 0 Å². The van der Waals surface area contributed by atoms with Gasteiger partial charge in [-0.3, -0.25) is 0 Å². The highest BCUT2D eigenvalue weighted by atomic mass is 14.3. The molecule has 0 rings (SSSR count). The molecular formula is C16H34. The molecule has 0 heterocycles. The van der Waals surface area contributed by atoms with Crippen LogP contribution >= 0.6 is 0 Å². The van der Waals surface area contributed by atoms with E-state index in [1.807, 2.05) is 0 Å². The predicted octanol–water partition coefficient (Wildman–Crippen LogP) is 5.91. The number of hydrogen-bond donors (Lipinski definition) is 0. The van der Waals surface area contributed by atoms with Crippen molar-refractivity contribution in [2.45, 2.75) is 80.6 Å². The normalized spacial score (nSPS) is 18.2. The van der Waals surface area contributed by atoms with Crippen LogP contribution in [0.1, 0.15) is 80.6 Å². The molecule has 0 aromatic carbocycles. The summed E-state index contributed by atoms with van der Waals surface area (Å²) in [7, 11) is 0. The molecule has 0 aromatic rings. The van der Waals surface area contributed by atoms with Crippen LogP contribution in [0, 0.1) is 23.2 Å². The van der Waals surface area contributed by atoms with Gasteiger partial charge in [-0.1, -0.05) is 74.1 Å². The molecule has 0 bridgehead atoms. The Morgan fingerprint density at radius 2 is 1.50 bits per heavy atom. The van der Waals surface area contributed by atoms with Crippen LogP contribution in [0.3, 0.4) is 0 Å². The summed E-state index contributed by atoms with van der Waals surface area (Å²) < 4.78 is 0. The van der Waals surface area contributed by atoms with E-state index >= 15 is 0 Å². The van der Waals surface area contributed by atoms with E-state index in [-0.39, 0.29) is 0 Å². The Morgan fingerprint density at radius 1 is 0.938 bits per heavy atom. The average molecular weight is 226 g/mol. The molecule has 0 radical (unpaired) electrons. The first-order valence-corrected chi connectivity index (χ1v) is 7.35. The topological polar surface area (TPSA) is 0 Å². The van der Waals surface area contributed by atoms with E-state index < -0.39 is 0 Å². The van der Waals surface area contributed by atoms with Gasteiger partial charge >= 0.3 is 0 Å². The van der Waals surface area contributed by atoms with Crippen LogP contribution in [0.4, 0.5) is 0 Å². The van der Waals surface area contributed by atoms with Gasteiger partial charge in [-0.15, -0.1) is 0 Å². The highest BCUT2D eigenvalue weighted by Gasteiger charge is 2.28. The lowest BCUT2D eigenvalue weighted by atomic mass is 9.70. The molecule has 0 heteroatoms. The monoisotopic (exact) mass is 226 g/mol. The lowest BCUT2D eigenvalue weighted by Gasteiger charge is -2.36. The first-order chi connectivity index (χ1) is 7.35. The van der Waals surface area contributed by atoms with Crippen molar-refractivity contribution in [2.75, 3.05) is 0 Å². The Morgan fingerprint density at radius 3 is 1.94 bits per heavy atom. The SMILES string of the molecule is CCCCC(C)C(C)(C)CC(C)C(C)CC. The molecule has 98 valence electrons. The fourth-order valence-electron chi connectivity index (χ4n) is 2.54. The van der Waals surface area contributed by atoms with E-state index in [1.54, 1.807) is 0 Å². The van der Waals surface area contributed by atoms with Gasteiger partial charge in [0.2, 0.25) is 0 Å². The van der Waals surface area contributed by atoms with Crippen LogP contribution in [-0.2, 0) is 0 Å². The molecule has 0 amide bonds. The lowest BCUT2D eigenvalue weighted by Crippen LogP contribution is -2.26. The average Bonchev–Trinajstić information content (AvgIpc) is 2.23. The van der Waals surface area contributed by atoms with Crippen LogP contribution in [0.15, 0.2) is 0 Å². The Kier molecular flexibility index (Phi) is 7.35. The second-order valence-corrected chi connectivity index (χ2v) is 6.60. The molecule has 0 aliphatic carbocycles. The quantitative estimate of drug-likeness (QED) is 0.482. The van der Waals surface area contributed by atoms with Crippen molar-refractivity contribution in [1.29, 1.82) is 0 Å². The van der Waals surface area contributed by atoms with Crippen LogP contribution in [0.2, 0.25) is 0 Å². The second kappa shape index (κ2) is 7.35. The first kappa shape index (κ1) is 16.0. The zero-order valence-corrected chi connectivity index (χ0v) is 12.8. The molecule has 0 nitrogen and oxygen atoms in total. The molecular weight excluding hydrogens is 192 g/mol. The minimum Gasteiger partial charge on any atom is -0.0654 e. The first-order valence-electron chi connectivity index (χ1n) is 7.35. The third-order valence-electron chi connectivity index (χ3n) is 4.79. The zero-order valence-electron chi connectivity index (χ0n) is 12.8. The van der Waals surface area contributed by atoms with Crippen molar-refractivity contribution >= 4 is 0 Å². The molecule has 0 fully saturated rings. The molecule has 0 N–H and O–H groups in total. The van der Waals surface area contributed by atoms with Gasteiger partial charge in [0.15, 0.2) is 0 Å². The Balaban J connectivity index is 4.20. The minimum atomic E-state index is 0.512. The largest absolute Gasteiger partial charge is 0.0654 e. The van der Waals surface area contributed by atoms with E-state index in [1.165, 1.54) is 32.1 Å². The number of hydrogen-bond acceptors (Lipinski definition) is 0. The van der Waals surface area contributed by atoms with Gasteiger partial charge in [-0.05, 0) is 29.6 Å². The third kappa shape index (κ3) is 5.37. The highest BCUT2D eigenvalue weighted by molar-refractivity contribution is 4.79. The molecule has 0 saturated carbocycles.